The fourth-order valence-corrected chi connectivity index (χ4v) is 0.934. The van der Waals surface area contributed by atoms with Gasteiger partial charge in [-0.25, -0.2) is 13.6 Å². The van der Waals surface area contributed by atoms with Crippen LogP contribution >= 0.6 is 0 Å². The highest BCUT2D eigenvalue weighted by Gasteiger charge is 2.66. The third-order valence-electron chi connectivity index (χ3n) is 2.12. The lowest BCUT2D eigenvalue weighted by molar-refractivity contribution is -0.354. The molecule has 0 radical (unpaired) electrons. The first-order valence-electron chi connectivity index (χ1n) is 5.58. The molecular weight excluding hydrogens is 294 g/mol. The standard InChI is InChI=1S/C11H14F6O3/c1-3-4-5-19-6-7(2)8(18)20-10(14,9(12)13)11(15,16)17/h9H,2-6H2,1H3. The van der Waals surface area contributed by atoms with Crippen molar-refractivity contribution in [2.45, 2.75) is 38.2 Å². The lowest BCUT2D eigenvalue weighted by atomic mass is 10.3. The number of carbonyl (C=O) groups is 1. The number of carbonyl (C=O) groups excluding carboxylic acids is 1. The van der Waals surface area contributed by atoms with Crippen LogP contribution in [0.1, 0.15) is 19.8 Å². The maximum Gasteiger partial charge on any atom is 0.466 e. The summed E-state index contributed by atoms with van der Waals surface area (Å²) in [6, 6.07) is 0. The fraction of sp³-hybridized carbons (Fsp3) is 0.727. The number of rotatable bonds is 8. The zero-order chi connectivity index (χ0) is 16.0. The predicted molar refractivity (Wildman–Crippen MR) is 56.9 cm³/mol. The Labute approximate surface area is 111 Å². The van der Waals surface area contributed by atoms with E-state index in [4.69, 9.17) is 4.74 Å². The Balaban J connectivity index is 4.59. The van der Waals surface area contributed by atoms with Gasteiger partial charge in [0.25, 0.3) is 0 Å². The molecule has 0 aliphatic carbocycles. The molecule has 1 atom stereocenters. The number of hydrogen-bond acceptors (Lipinski definition) is 3. The molecule has 9 heteroatoms. The van der Waals surface area contributed by atoms with Gasteiger partial charge in [-0.2, -0.15) is 17.6 Å². The monoisotopic (exact) mass is 308 g/mol. The second-order valence-corrected chi connectivity index (χ2v) is 3.84. The van der Waals surface area contributed by atoms with Gasteiger partial charge in [0.2, 0.25) is 0 Å². The number of unbranched alkanes of at least 4 members (excludes halogenated alkanes) is 1. The zero-order valence-electron chi connectivity index (χ0n) is 10.6. The molecule has 0 amide bonds. The first kappa shape index (κ1) is 18.8. The Morgan fingerprint density at radius 1 is 1.25 bits per heavy atom. The van der Waals surface area contributed by atoms with E-state index in [1.54, 1.807) is 0 Å². The third-order valence-corrected chi connectivity index (χ3v) is 2.12. The first-order valence-corrected chi connectivity index (χ1v) is 5.58. The van der Waals surface area contributed by atoms with Gasteiger partial charge in [-0.1, -0.05) is 19.9 Å². The van der Waals surface area contributed by atoms with Crippen LogP contribution in [-0.2, 0) is 14.3 Å². The van der Waals surface area contributed by atoms with Crippen LogP contribution in [0.2, 0.25) is 0 Å². The van der Waals surface area contributed by atoms with Gasteiger partial charge in [0, 0.05) is 6.61 Å². The van der Waals surface area contributed by atoms with Crippen molar-refractivity contribution in [2.75, 3.05) is 13.2 Å². The van der Waals surface area contributed by atoms with E-state index in [0.717, 1.165) is 6.42 Å². The van der Waals surface area contributed by atoms with E-state index in [0.29, 0.717) is 6.42 Å². The second-order valence-electron chi connectivity index (χ2n) is 3.84. The van der Waals surface area contributed by atoms with Crippen molar-refractivity contribution in [1.29, 1.82) is 0 Å². The molecular formula is C11H14F6O3. The molecule has 0 bridgehead atoms. The summed E-state index contributed by atoms with van der Waals surface area (Å²) in [6.07, 6.45) is -9.24. The van der Waals surface area contributed by atoms with Gasteiger partial charge in [0.15, 0.2) is 0 Å². The summed E-state index contributed by atoms with van der Waals surface area (Å²) in [6.45, 7) is 4.50. The largest absolute Gasteiger partial charge is 0.466 e. The van der Waals surface area contributed by atoms with Crippen LogP contribution in [0.15, 0.2) is 12.2 Å². The van der Waals surface area contributed by atoms with Crippen molar-refractivity contribution < 1.29 is 40.6 Å². The average molecular weight is 308 g/mol. The van der Waals surface area contributed by atoms with Crippen LogP contribution in [0.3, 0.4) is 0 Å². The number of esters is 1. The molecule has 0 saturated heterocycles. The molecule has 0 aliphatic rings. The van der Waals surface area contributed by atoms with E-state index in [1.807, 2.05) is 6.92 Å². The molecule has 0 aromatic rings. The summed E-state index contributed by atoms with van der Waals surface area (Å²) in [5, 5.41) is 0. The second kappa shape index (κ2) is 7.51. The highest BCUT2D eigenvalue weighted by Crippen LogP contribution is 2.40. The van der Waals surface area contributed by atoms with E-state index >= 15 is 0 Å². The van der Waals surface area contributed by atoms with E-state index in [1.165, 1.54) is 0 Å². The molecule has 0 aliphatic heterocycles. The molecule has 20 heavy (non-hydrogen) atoms. The maximum absolute atomic E-state index is 13.1. The van der Waals surface area contributed by atoms with Crippen molar-refractivity contribution >= 4 is 5.97 Å². The smallest absolute Gasteiger partial charge is 0.411 e. The van der Waals surface area contributed by atoms with Crippen molar-refractivity contribution in [3.8, 4) is 0 Å². The summed E-state index contributed by atoms with van der Waals surface area (Å²) in [5.41, 5.74) is -0.687. The van der Waals surface area contributed by atoms with E-state index < -0.39 is 36.6 Å². The van der Waals surface area contributed by atoms with Crippen molar-refractivity contribution in [3.63, 3.8) is 0 Å². The van der Waals surface area contributed by atoms with Crippen LogP contribution in [0.5, 0.6) is 0 Å². The Morgan fingerprint density at radius 2 is 1.80 bits per heavy atom. The highest BCUT2D eigenvalue weighted by molar-refractivity contribution is 5.88. The topological polar surface area (TPSA) is 35.5 Å². The average Bonchev–Trinajstić information content (AvgIpc) is 2.32. The van der Waals surface area contributed by atoms with Crippen molar-refractivity contribution in [1.82, 2.24) is 0 Å². The molecule has 0 aromatic heterocycles. The minimum atomic E-state index is -6.06. The Bertz CT molecular complexity index is 342. The van der Waals surface area contributed by atoms with E-state index in [9.17, 15) is 31.1 Å². The van der Waals surface area contributed by atoms with Gasteiger partial charge < -0.3 is 9.47 Å². The summed E-state index contributed by atoms with van der Waals surface area (Å²) < 4.78 is 81.8. The predicted octanol–water partition coefficient (Wildman–Crippen LogP) is 3.40. The lowest BCUT2D eigenvalue weighted by Gasteiger charge is -2.26. The lowest BCUT2D eigenvalue weighted by Crippen LogP contribution is -2.51. The summed E-state index contributed by atoms with van der Waals surface area (Å²) in [4.78, 5) is 11.1. The minimum Gasteiger partial charge on any atom is -0.411 e. The maximum atomic E-state index is 13.1. The quantitative estimate of drug-likeness (QED) is 0.298. The van der Waals surface area contributed by atoms with Gasteiger partial charge in [0.1, 0.15) is 0 Å². The van der Waals surface area contributed by atoms with E-state index in [2.05, 4.69) is 11.3 Å². The zero-order valence-corrected chi connectivity index (χ0v) is 10.6. The first-order chi connectivity index (χ1) is 9.06. The van der Waals surface area contributed by atoms with Crippen LogP contribution in [0.4, 0.5) is 26.3 Å². The molecule has 1 unspecified atom stereocenters. The molecule has 0 aromatic carbocycles. The molecule has 0 saturated carbocycles. The van der Waals surface area contributed by atoms with Crippen LogP contribution in [0, 0.1) is 0 Å². The fourth-order valence-electron chi connectivity index (χ4n) is 0.934. The molecule has 3 nitrogen and oxygen atoms in total. The van der Waals surface area contributed by atoms with Gasteiger partial charge in [-0.3, -0.25) is 0 Å². The third kappa shape index (κ3) is 5.03. The Hall–Kier alpha value is -1.25. The number of ether oxygens (including phenoxy) is 2. The number of alkyl halides is 6. The molecule has 0 N–H and O–H groups in total. The van der Waals surface area contributed by atoms with Gasteiger partial charge in [-0.05, 0) is 6.42 Å². The SMILES string of the molecule is C=C(COCCCC)C(=O)OC(F)(C(F)F)C(F)(F)F. The van der Waals surface area contributed by atoms with Crippen LogP contribution in [0.25, 0.3) is 0 Å². The molecule has 118 valence electrons. The van der Waals surface area contributed by atoms with Crippen LogP contribution in [-0.4, -0.2) is 37.6 Å². The number of hydrogen-bond donors (Lipinski definition) is 0. The Morgan fingerprint density at radius 3 is 2.20 bits per heavy atom. The molecule has 0 spiro atoms. The van der Waals surface area contributed by atoms with Crippen molar-refractivity contribution in [2.24, 2.45) is 0 Å². The van der Waals surface area contributed by atoms with Gasteiger partial charge in [-0.15, -0.1) is 0 Å². The molecule has 0 heterocycles. The highest BCUT2D eigenvalue weighted by atomic mass is 19.4. The summed E-state index contributed by atoms with van der Waals surface area (Å²) in [5.74, 6) is -7.29. The minimum absolute atomic E-state index is 0.192. The summed E-state index contributed by atoms with van der Waals surface area (Å²) in [7, 11) is 0. The van der Waals surface area contributed by atoms with E-state index in [-0.39, 0.29) is 6.61 Å². The van der Waals surface area contributed by atoms with Crippen molar-refractivity contribution in [3.05, 3.63) is 12.2 Å². The summed E-state index contributed by atoms with van der Waals surface area (Å²) >= 11 is 0. The molecule has 0 fully saturated rings. The molecule has 0 rings (SSSR count). The van der Waals surface area contributed by atoms with Gasteiger partial charge in [0.05, 0.1) is 12.2 Å². The Kier molecular flexibility index (Phi) is 7.04. The van der Waals surface area contributed by atoms with Crippen LogP contribution < -0.4 is 0 Å². The number of halogens is 6. The van der Waals surface area contributed by atoms with Gasteiger partial charge >= 0.3 is 24.4 Å². The normalized spacial score (nSPS) is 15.0.